The van der Waals surface area contributed by atoms with E-state index in [4.69, 9.17) is 14.6 Å². The molecular weight excluding hydrogens is 567 g/mol. The number of nitrogens with one attached hydrogen (secondary N) is 1. The SMILES string of the molecule is COc1ccc(OC)c([C@@H]2SCC(=O)N(CC(=O)NCc3ccc(F)cc3)c3c2c(-c2ccccc2)nn3C(C)(C)C)c1. The summed E-state index contributed by atoms with van der Waals surface area (Å²) < 4.78 is 26.6. The first-order chi connectivity index (χ1) is 20.6. The molecule has 224 valence electrons. The number of anilines is 1. The molecule has 0 saturated carbocycles. The smallest absolute Gasteiger partial charge is 0.240 e. The van der Waals surface area contributed by atoms with Crippen molar-refractivity contribution in [2.75, 3.05) is 31.4 Å². The summed E-state index contributed by atoms with van der Waals surface area (Å²) in [5, 5.41) is 7.64. The third kappa shape index (κ3) is 6.39. The van der Waals surface area contributed by atoms with Gasteiger partial charge in [-0.3, -0.25) is 14.5 Å². The number of methoxy groups -OCH3 is 2. The second-order valence-electron chi connectivity index (χ2n) is 11.2. The zero-order chi connectivity index (χ0) is 30.7. The van der Waals surface area contributed by atoms with Gasteiger partial charge in [-0.05, 0) is 56.7 Å². The van der Waals surface area contributed by atoms with Crippen LogP contribution >= 0.6 is 11.8 Å². The Kier molecular flexibility index (Phi) is 8.77. The van der Waals surface area contributed by atoms with Gasteiger partial charge in [-0.1, -0.05) is 42.5 Å². The summed E-state index contributed by atoms with van der Waals surface area (Å²) in [4.78, 5) is 28.8. The Balaban J connectivity index is 1.66. The average molecular weight is 603 g/mol. The molecule has 43 heavy (non-hydrogen) atoms. The molecule has 0 saturated heterocycles. The first-order valence-electron chi connectivity index (χ1n) is 13.9. The lowest BCUT2D eigenvalue weighted by atomic mass is 9.98. The first kappa shape index (κ1) is 30.2. The van der Waals surface area contributed by atoms with E-state index in [0.29, 0.717) is 17.3 Å². The minimum atomic E-state index is -0.530. The number of fused-ring (bicyclic) bond motifs is 1. The fourth-order valence-electron chi connectivity index (χ4n) is 5.09. The Morgan fingerprint density at radius 3 is 2.42 bits per heavy atom. The highest BCUT2D eigenvalue weighted by molar-refractivity contribution is 8.00. The van der Waals surface area contributed by atoms with E-state index in [1.165, 1.54) is 23.9 Å². The number of carbonyl (C=O) groups excluding carboxylic acids is 2. The molecule has 5 rings (SSSR count). The van der Waals surface area contributed by atoms with Gasteiger partial charge in [0.15, 0.2) is 0 Å². The quantitative estimate of drug-likeness (QED) is 0.269. The summed E-state index contributed by atoms with van der Waals surface area (Å²) >= 11 is 1.46. The number of halogens is 1. The van der Waals surface area contributed by atoms with Crippen molar-refractivity contribution in [1.29, 1.82) is 0 Å². The summed E-state index contributed by atoms with van der Waals surface area (Å²) in [7, 11) is 3.23. The molecule has 2 heterocycles. The van der Waals surface area contributed by atoms with Crippen LogP contribution in [0.25, 0.3) is 11.3 Å². The summed E-state index contributed by atoms with van der Waals surface area (Å²) in [6.07, 6.45) is 0. The van der Waals surface area contributed by atoms with Crippen molar-refractivity contribution in [2.45, 2.75) is 38.1 Å². The maximum atomic E-state index is 13.9. The van der Waals surface area contributed by atoms with Gasteiger partial charge in [-0.25, -0.2) is 9.07 Å². The Morgan fingerprint density at radius 2 is 1.77 bits per heavy atom. The third-order valence-corrected chi connectivity index (χ3v) is 8.43. The van der Waals surface area contributed by atoms with E-state index in [0.717, 1.165) is 27.9 Å². The van der Waals surface area contributed by atoms with Crippen LogP contribution in [0.3, 0.4) is 0 Å². The molecule has 2 amide bonds. The van der Waals surface area contributed by atoms with Crippen LogP contribution < -0.4 is 19.7 Å². The zero-order valence-electron chi connectivity index (χ0n) is 24.9. The van der Waals surface area contributed by atoms with Crippen molar-refractivity contribution in [3.63, 3.8) is 0 Å². The van der Waals surface area contributed by atoms with Gasteiger partial charge in [0, 0.05) is 23.2 Å². The number of hydrogen-bond acceptors (Lipinski definition) is 6. The average Bonchev–Trinajstić information content (AvgIpc) is 3.35. The lowest BCUT2D eigenvalue weighted by molar-refractivity contribution is -0.123. The summed E-state index contributed by atoms with van der Waals surface area (Å²) in [5.41, 5.74) is 3.50. The van der Waals surface area contributed by atoms with Crippen LogP contribution in [-0.2, 0) is 21.7 Å². The monoisotopic (exact) mass is 602 g/mol. The minimum absolute atomic E-state index is 0.128. The highest BCUT2D eigenvalue weighted by Gasteiger charge is 2.40. The first-order valence-corrected chi connectivity index (χ1v) is 15.0. The minimum Gasteiger partial charge on any atom is -0.497 e. The van der Waals surface area contributed by atoms with E-state index in [-0.39, 0.29) is 41.7 Å². The highest BCUT2D eigenvalue weighted by Crippen LogP contribution is 2.51. The third-order valence-electron chi connectivity index (χ3n) is 7.20. The molecule has 0 unspecified atom stereocenters. The Morgan fingerprint density at radius 1 is 1.05 bits per heavy atom. The predicted octanol–water partition coefficient (Wildman–Crippen LogP) is 5.95. The van der Waals surface area contributed by atoms with Gasteiger partial charge in [-0.2, -0.15) is 5.10 Å². The Hall–Kier alpha value is -4.31. The van der Waals surface area contributed by atoms with E-state index in [9.17, 15) is 14.0 Å². The number of aromatic nitrogens is 2. The summed E-state index contributed by atoms with van der Waals surface area (Å²) in [5.74, 6) is 1.12. The van der Waals surface area contributed by atoms with E-state index in [2.05, 4.69) is 5.32 Å². The van der Waals surface area contributed by atoms with Crippen molar-refractivity contribution < 1.29 is 23.5 Å². The van der Waals surface area contributed by atoms with E-state index in [1.54, 1.807) is 31.3 Å². The van der Waals surface area contributed by atoms with Gasteiger partial charge in [-0.15, -0.1) is 11.8 Å². The van der Waals surface area contributed by atoms with Crippen molar-refractivity contribution in [3.05, 3.63) is 95.3 Å². The normalized spacial score (nSPS) is 15.1. The number of nitrogens with zero attached hydrogens (tertiary/aromatic N) is 3. The second kappa shape index (κ2) is 12.5. The number of rotatable bonds is 8. The fourth-order valence-corrected chi connectivity index (χ4v) is 6.30. The molecule has 4 aromatic rings. The van der Waals surface area contributed by atoms with E-state index >= 15 is 0 Å². The molecule has 8 nitrogen and oxygen atoms in total. The summed E-state index contributed by atoms with van der Waals surface area (Å²) in [6, 6.07) is 21.4. The Bertz CT molecular complexity index is 1620. The van der Waals surface area contributed by atoms with Crippen LogP contribution in [0.2, 0.25) is 0 Å². The molecule has 1 atom stereocenters. The lowest BCUT2D eigenvalue weighted by Gasteiger charge is -2.29. The van der Waals surface area contributed by atoms with Gasteiger partial charge in [0.2, 0.25) is 11.8 Å². The van der Waals surface area contributed by atoms with Gasteiger partial charge >= 0.3 is 0 Å². The maximum absolute atomic E-state index is 13.9. The highest BCUT2D eigenvalue weighted by atomic mass is 32.2. The molecule has 10 heteroatoms. The number of hydrogen-bond donors (Lipinski definition) is 1. The predicted molar refractivity (Wildman–Crippen MR) is 167 cm³/mol. The number of thioether (sulfide) groups is 1. The lowest BCUT2D eigenvalue weighted by Crippen LogP contribution is -2.43. The molecular formula is C33H35FN4O4S. The van der Waals surface area contributed by atoms with Crippen LogP contribution in [0.4, 0.5) is 10.2 Å². The van der Waals surface area contributed by atoms with Crippen molar-refractivity contribution in [3.8, 4) is 22.8 Å². The molecule has 3 aromatic carbocycles. The van der Waals surface area contributed by atoms with Crippen LogP contribution in [-0.4, -0.2) is 48.1 Å². The van der Waals surface area contributed by atoms with Crippen LogP contribution in [0.15, 0.2) is 72.8 Å². The molecule has 0 radical (unpaired) electrons. The summed E-state index contributed by atoms with van der Waals surface area (Å²) in [6.45, 7) is 6.06. The molecule has 1 aliphatic heterocycles. The standard InChI is InChI=1S/C33H35FN4O4S/c1-33(2,3)38-32-29(30(36-38)22-9-7-6-8-10-22)31(25-17-24(41-4)15-16-26(25)42-5)43-20-28(40)37(32)19-27(39)35-18-21-11-13-23(34)14-12-21/h6-17,31H,18-20H2,1-5H3,(H,35,39)/t31-/m0/s1. The molecule has 1 aromatic heterocycles. The number of benzene rings is 3. The Labute approximate surface area is 255 Å². The molecule has 0 bridgehead atoms. The second-order valence-corrected chi connectivity index (χ2v) is 12.3. The van der Waals surface area contributed by atoms with Gasteiger partial charge in [0.1, 0.15) is 29.7 Å². The molecule has 0 spiro atoms. The van der Waals surface area contributed by atoms with Crippen molar-refractivity contribution in [1.82, 2.24) is 15.1 Å². The fraction of sp³-hybridized carbons (Fsp3) is 0.303. The van der Waals surface area contributed by atoms with Gasteiger partial charge in [0.05, 0.1) is 36.5 Å². The van der Waals surface area contributed by atoms with Gasteiger partial charge in [0.25, 0.3) is 0 Å². The van der Waals surface area contributed by atoms with Crippen LogP contribution in [0.1, 0.15) is 42.7 Å². The zero-order valence-corrected chi connectivity index (χ0v) is 25.7. The van der Waals surface area contributed by atoms with Crippen molar-refractivity contribution >= 4 is 29.4 Å². The topological polar surface area (TPSA) is 85.7 Å². The number of amides is 2. The van der Waals surface area contributed by atoms with E-state index in [1.807, 2.05) is 74.0 Å². The van der Waals surface area contributed by atoms with Crippen LogP contribution in [0, 0.1) is 5.82 Å². The van der Waals surface area contributed by atoms with E-state index < -0.39 is 5.54 Å². The largest absolute Gasteiger partial charge is 0.497 e. The molecule has 0 fully saturated rings. The number of ether oxygens (including phenoxy) is 2. The van der Waals surface area contributed by atoms with Crippen LogP contribution in [0.5, 0.6) is 11.5 Å². The van der Waals surface area contributed by atoms with Crippen molar-refractivity contribution in [2.24, 2.45) is 0 Å². The molecule has 0 aliphatic carbocycles. The molecule has 1 N–H and O–H groups in total. The molecule has 1 aliphatic rings. The maximum Gasteiger partial charge on any atom is 0.240 e. The number of carbonyl (C=O) groups is 2. The van der Waals surface area contributed by atoms with Gasteiger partial charge < -0.3 is 14.8 Å².